The lowest BCUT2D eigenvalue weighted by Gasteiger charge is -2.50. The van der Waals surface area contributed by atoms with E-state index in [0.717, 1.165) is 44.2 Å². The van der Waals surface area contributed by atoms with Gasteiger partial charge in [0.2, 0.25) is 5.91 Å². The van der Waals surface area contributed by atoms with E-state index in [1.165, 1.54) is 0 Å². The van der Waals surface area contributed by atoms with Crippen LogP contribution >= 0.6 is 23.2 Å². The first kappa shape index (κ1) is 24.1. The average molecular weight is 471 g/mol. The van der Waals surface area contributed by atoms with Crippen LogP contribution in [0.5, 0.6) is 0 Å². The molecule has 0 radical (unpaired) electrons. The third kappa shape index (κ3) is 4.92. The molecular formula is C24H37Cl2NO2Si. The van der Waals surface area contributed by atoms with Gasteiger partial charge in [-0.25, -0.2) is 0 Å². The highest BCUT2D eigenvalue weighted by Gasteiger charge is 2.53. The number of hydrogen-bond donors (Lipinski definition) is 0. The summed E-state index contributed by atoms with van der Waals surface area (Å²) < 4.78 is 6.68. The molecule has 1 saturated heterocycles. The van der Waals surface area contributed by atoms with Crippen LogP contribution in [0.3, 0.4) is 0 Å². The Morgan fingerprint density at radius 2 is 1.80 bits per heavy atom. The molecule has 1 unspecified atom stereocenters. The zero-order valence-electron chi connectivity index (χ0n) is 19.4. The first-order chi connectivity index (χ1) is 13.9. The third-order valence-corrected chi connectivity index (χ3v) is 8.68. The quantitative estimate of drug-likeness (QED) is 0.448. The average Bonchev–Trinajstić information content (AvgIpc) is 2.92. The minimum atomic E-state index is -1.31. The molecule has 0 N–H and O–H groups in total. The van der Waals surface area contributed by atoms with Gasteiger partial charge in [-0.05, 0) is 80.6 Å². The topological polar surface area (TPSA) is 29.5 Å². The molecule has 1 aromatic carbocycles. The Kier molecular flexibility index (Phi) is 7.04. The van der Waals surface area contributed by atoms with Crippen molar-refractivity contribution in [2.75, 3.05) is 6.54 Å². The van der Waals surface area contributed by atoms with Crippen molar-refractivity contribution in [3.63, 3.8) is 0 Å². The lowest BCUT2D eigenvalue weighted by molar-refractivity contribution is -0.163. The van der Waals surface area contributed by atoms with Crippen LogP contribution in [0.2, 0.25) is 23.1 Å². The van der Waals surface area contributed by atoms with Gasteiger partial charge < -0.3 is 9.33 Å². The SMILES string of the molecule is C[SiH](C)O[C@]1(N2CCC(C)(Cc3ccc(Cl)cc3Cl)C2=O)CC[C@H](C(C)(C)C)CC1. The molecule has 0 bridgehead atoms. The van der Waals surface area contributed by atoms with Crippen molar-refractivity contribution in [2.45, 2.75) is 85.0 Å². The molecule has 0 aromatic heterocycles. The number of benzene rings is 1. The highest BCUT2D eigenvalue weighted by atomic mass is 35.5. The number of likely N-dealkylation sites (tertiary alicyclic amines) is 1. The summed E-state index contributed by atoms with van der Waals surface area (Å²) in [4.78, 5) is 15.9. The molecular weight excluding hydrogens is 433 g/mol. The van der Waals surface area contributed by atoms with Crippen molar-refractivity contribution < 1.29 is 9.22 Å². The Morgan fingerprint density at radius 3 is 2.33 bits per heavy atom. The van der Waals surface area contributed by atoms with Crippen LogP contribution in [0.4, 0.5) is 0 Å². The number of carbonyl (C=O) groups excluding carboxylic acids is 1. The summed E-state index contributed by atoms with van der Waals surface area (Å²) in [6.07, 6.45) is 5.60. The second kappa shape index (κ2) is 8.76. The first-order valence-electron chi connectivity index (χ1n) is 11.3. The standard InChI is InChI=1S/C24H37Cl2NO2Si/c1-22(2,3)18-9-11-24(12-10-18,29-30(5)6)27-14-13-23(4,21(27)28)16-17-7-8-19(25)15-20(17)26/h7-8,15,18,30H,9-14,16H2,1-6H3/t18-,23?,24+. The largest absolute Gasteiger partial charge is 0.398 e. The van der Waals surface area contributed by atoms with Crippen LogP contribution in [-0.4, -0.2) is 32.1 Å². The molecule has 1 aliphatic heterocycles. The third-order valence-electron chi connectivity index (χ3n) is 7.18. The molecule has 1 saturated carbocycles. The number of amides is 1. The monoisotopic (exact) mass is 469 g/mol. The molecule has 0 spiro atoms. The van der Waals surface area contributed by atoms with Crippen molar-refractivity contribution >= 4 is 38.1 Å². The Morgan fingerprint density at radius 1 is 1.17 bits per heavy atom. The van der Waals surface area contributed by atoms with E-state index >= 15 is 0 Å². The van der Waals surface area contributed by atoms with Gasteiger partial charge in [0.05, 0.1) is 5.41 Å². The van der Waals surface area contributed by atoms with E-state index in [-0.39, 0.29) is 5.91 Å². The van der Waals surface area contributed by atoms with Crippen LogP contribution in [0.1, 0.15) is 65.4 Å². The zero-order valence-corrected chi connectivity index (χ0v) is 22.0. The molecule has 1 atom stereocenters. The molecule has 2 aliphatic rings. The summed E-state index contributed by atoms with van der Waals surface area (Å²) in [7, 11) is -1.31. The van der Waals surface area contributed by atoms with E-state index in [2.05, 4.69) is 45.7 Å². The molecule has 30 heavy (non-hydrogen) atoms. The van der Waals surface area contributed by atoms with Gasteiger partial charge >= 0.3 is 0 Å². The van der Waals surface area contributed by atoms with Gasteiger partial charge in [-0.3, -0.25) is 4.79 Å². The molecule has 1 heterocycles. The van der Waals surface area contributed by atoms with Crippen molar-refractivity contribution in [1.82, 2.24) is 4.90 Å². The van der Waals surface area contributed by atoms with E-state index in [9.17, 15) is 4.79 Å². The van der Waals surface area contributed by atoms with E-state index in [4.69, 9.17) is 27.6 Å². The van der Waals surface area contributed by atoms with Gasteiger partial charge in [-0.2, -0.15) is 0 Å². The maximum Gasteiger partial charge on any atom is 0.231 e. The Labute approximate surface area is 194 Å². The predicted octanol–water partition coefficient (Wildman–Crippen LogP) is 6.71. The van der Waals surface area contributed by atoms with Gasteiger partial charge in [0.15, 0.2) is 9.04 Å². The number of hydrogen-bond acceptors (Lipinski definition) is 2. The van der Waals surface area contributed by atoms with Crippen LogP contribution in [0.25, 0.3) is 0 Å². The molecule has 3 nitrogen and oxygen atoms in total. The Balaban J connectivity index is 1.82. The molecule has 1 aromatic rings. The molecule has 1 amide bonds. The summed E-state index contributed by atoms with van der Waals surface area (Å²) in [5.74, 6) is 0.900. The number of halogens is 2. The molecule has 168 valence electrons. The smallest absolute Gasteiger partial charge is 0.231 e. The number of rotatable bonds is 5. The Hall–Kier alpha value is -0.553. The van der Waals surface area contributed by atoms with Gasteiger partial charge in [-0.15, -0.1) is 0 Å². The van der Waals surface area contributed by atoms with Crippen LogP contribution < -0.4 is 0 Å². The summed E-state index contributed by atoms with van der Waals surface area (Å²) in [5, 5.41) is 1.26. The van der Waals surface area contributed by atoms with Gasteiger partial charge in [0.25, 0.3) is 0 Å². The maximum atomic E-state index is 13.8. The van der Waals surface area contributed by atoms with Crippen LogP contribution in [0, 0.1) is 16.7 Å². The van der Waals surface area contributed by atoms with Crippen LogP contribution in [-0.2, 0) is 15.6 Å². The molecule has 6 heteroatoms. The molecule has 3 rings (SSSR count). The number of carbonyl (C=O) groups is 1. The summed E-state index contributed by atoms with van der Waals surface area (Å²) in [6.45, 7) is 14.3. The first-order valence-corrected chi connectivity index (χ1v) is 14.8. The summed E-state index contributed by atoms with van der Waals surface area (Å²) in [5.41, 5.74) is 0.424. The van der Waals surface area contributed by atoms with Crippen molar-refractivity contribution in [2.24, 2.45) is 16.7 Å². The second-order valence-electron chi connectivity index (χ2n) is 10.9. The maximum absolute atomic E-state index is 13.8. The normalized spacial score (nSPS) is 30.4. The van der Waals surface area contributed by atoms with Gasteiger partial charge in [-0.1, -0.05) is 57.0 Å². The Bertz CT molecular complexity index is 784. The fourth-order valence-electron chi connectivity index (χ4n) is 5.36. The summed E-state index contributed by atoms with van der Waals surface area (Å²) in [6, 6.07) is 5.57. The van der Waals surface area contributed by atoms with E-state index in [1.807, 2.05) is 12.1 Å². The zero-order chi connectivity index (χ0) is 22.3. The highest BCUT2D eigenvalue weighted by Crippen LogP contribution is 2.48. The predicted molar refractivity (Wildman–Crippen MR) is 129 cm³/mol. The highest BCUT2D eigenvalue weighted by molar-refractivity contribution is 6.48. The minimum Gasteiger partial charge on any atom is -0.398 e. The van der Waals surface area contributed by atoms with E-state index in [0.29, 0.717) is 27.8 Å². The minimum absolute atomic E-state index is 0.220. The lowest BCUT2D eigenvalue weighted by atomic mass is 9.70. The van der Waals surface area contributed by atoms with E-state index in [1.54, 1.807) is 6.07 Å². The van der Waals surface area contributed by atoms with Crippen molar-refractivity contribution in [3.8, 4) is 0 Å². The summed E-state index contributed by atoms with van der Waals surface area (Å²) >= 11 is 12.5. The van der Waals surface area contributed by atoms with E-state index < -0.39 is 20.2 Å². The van der Waals surface area contributed by atoms with Gasteiger partial charge in [0, 0.05) is 16.6 Å². The fraction of sp³-hybridized carbons (Fsp3) is 0.708. The van der Waals surface area contributed by atoms with Crippen molar-refractivity contribution in [3.05, 3.63) is 33.8 Å². The van der Waals surface area contributed by atoms with Crippen molar-refractivity contribution in [1.29, 1.82) is 0 Å². The number of nitrogens with zero attached hydrogens (tertiary/aromatic N) is 1. The lowest BCUT2D eigenvalue weighted by Crippen LogP contribution is -2.57. The van der Waals surface area contributed by atoms with Gasteiger partial charge in [0.1, 0.15) is 5.72 Å². The second-order valence-corrected chi connectivity index (χ2v) is 14.1. The molecule has 2 fully saturated rings. The van der Waals surface area contributed by atoms with Crippen LogP contribution in [0.15, 0.2) is 18.2 Å². The fourth-order valence-corrected chi connectivity index (χ4v) is 7.07. The molecule has 1 aliphatic carbocycles.